The molecular weight excluding hydrogens is 251 g/mol. The predicted molar refractivity (Wildman–Crippen MR) is 57.6 cm³/mol. The molecule has 0 fully saturated rings. The molecule has 1 aromatic carbocycles. The molecule has 0 amide bonds. The Balaban J connectivity index is 0.000000203. The molecule has 8 heteroatoms. The second-order valence-corrected chi connectivity index (χ2v) is 3.09. The lowest BCUT2D eigenvalue weighted by Crippen LogP contribution is -2.21. The SMILES string of the molecule is Nc1cnc2ccccc2n1.O=C(O)C(F)(F)F. The van der Waals surface area contributed by atoms with Crippen LogP contribution in [0.25, 0.3) is 11.0 Å². The van der Waals surface area contributed by atoms with Gasteiger partial charge in [0.2, 0.25) is 0 Å². The minimum absolute atomic E-state index is 0.462. The molecule has 0 aliphatic heterocycles. The minimum atomic E-state index is -5.08. The van der Waals surface area contributed by atoms with Gasteiger partial charge >= 0.3 is 12.1 Å². The summed E-state index contributed by atoms with van der Waals surface area (Å²) in [6, 6.07) is 7.63. The number of alkyl halides is 3. The van der Waals surface area contributed by atoms with Crippen molar-refractivity contribution >= 4 is 22.8 Å². The number of carboxylic acids is 1. The second kappa shape index (κ2) is 5.30. The van der Waals surface area contributed by atoms with Gasteiger partial charge in [-0.3, -0.25) is 4.98 Å². The van der Waals surface area contributed by atoms with Crippen molar-refractivity contribution in [1.82, 2.24) is 9.97 Å². The van der Waals surface area contributed by atoms with E-state index in [1.54, 1.807) is 6.20 Å². The average molecular weight is 259 g/mol. The topological polar surface area (TPSA) is 89.1 Å². The first kappa shape index (κ1) is 13.7. The maximum atomic E-state index is 10.6. The van der Waals surface area contributed by atoms with Crippen molar-refractivity contribution in [2.24, 2.45) is 0 Å². The summed E-state index contributed by atoms with van der Waals surface area (Å²) in [7, 11) is 0. The van der Waals surface area contributed by atoms with Crippen LogP contribution in [0.15, 0.2) is 30.5 Å². The molecular formula is C10H8F3N3O2. The third-order valence-corrected chi connectivity index (χ3v) is 1.71. The van der Waals surface area contributed by atoms with Crippen molar-refractivity contribution in [2.75, 3.05) is 5.73 Å². The van der Waals surface area contributed by atoms with E-state index in [0.717, 1.165) is 11.0 Å². The Hall–Kier alpha value is -2.38. The predicted octanol–water partition coefficient (Wildman–Crippen LogP) is 1.85. The summed E-state index contributed by atoms with van der Waals surface area (Å²) in [4.78, 5) is 17.1. The highest BCUT2D eigenvalue weighted by molar-refractivity contribution is 5.74. The number of benzene rings is 1. The van der Waals surface area contributed by atoms with Gasteiger partial charge in [-0.1, -0.05) is 12.1 Å². The van der Waals surface area contributed by atoms with Gasteiger partial charge in [0.15, 0.2) is 0 Å². The first-order valence-electron chi connectivity index (χ1n) is 4.58. The number of hydrogen-bond acceptors (Lipinski definition) is 4. The highest BCUT2D eigenvalue weighted by atomic mass is 19.4. The van der Waals surface area contributed by atoms with Crippen molar-refractivity contribution < 1.29 is 23.1 Å². The van der Waals surface area contributed by atoms with Gasteiger partial charge in [-0.05, 0) is 12.1 Å². The van der Waals surface area contributed by atoms with Gasteiger partial charge in [-0.2, -0.15) is 13.2 Å². The summed E-state index contributed by atoms with van der Waals surface area (Å²) in [5.74, 6) is -2.30. The molecule has 0 aliphatic rings. The molecule has 2 rings (SSSR count). The fraction of sp³-hybridized carbons (Fsp3) is 0.100. The van der Waals surface area contributed by atoms with Crippen LogP contribution in [0.1, 0.15) is 0 Å². The average Bonchev–Trinajstić information content (AvgIpc) is 2.28. The Morgan fingerprint density at radius 2 is 1.72 bits per heavy atom. The Kier molecular flexibility index (Phi) is 4.03. The van der Waals surface area contributed by atoms with Crippen molar-refractivity contribution in [2.45, 2.75) is 6.18 Å². The number of fused-ring (bicyclic) bond motifs is 1. The standard InChI is InChI=1S/C8H7N3.C2HF3O2/c9-8-5-10-6-3-1-2-4-7(6)11-8;3-2(4,5)1(6)7/h1-5H,(H2,9,11);(H,6,7). The number of carboxylic acid groups (broad SMARTS) is 1. The largest absolute Gasteiger partial charge is 0.490 e. The Morgan fingerprint density at radius 1 is 1.22 bits per heavy atom. The monoisotopic (exact) mass is 259 g/mol. The van der Waals surface area contributed by atoms with E-state index < -0.39 is 12.1 Å². The number of anilines is 1. The zero-order valence-electron chi connectivity index (χ0n) is 8.85. The lowest BCUT2D eigenvalue weighted by molar-refractivity contribution is -0.192. The maximum absolute atomic E-state index is 10.6. The molecule has 3 N–H and O–H groups in total. The summed E-state index contributed by atoms with van der Waals surface area (Å²) < 4.78 is 31.7. The molecule has 0 unspecified atom stereocenters. The van der Waals surface area contributed by atoms with Crippen LogP contribution in [0, 0.1) is 0 Å². The number of rotatable bonds is 0. The summed E-state index contributed by atoms with van der Waals surface area (Å²) in [5, 5.41) is 7.12. The molecule has 0 atom stereocenters. The van der Waals surface area contributed by atoms with Gasteiger partial charge in [0, 0.05) is 0 Å². The zero-order valence-corrected chi connectivity index (χ0v) is 8.85. The van der Waals surface area contributed by atoms with Gasteiger partial charge in [0.1, 0.15) is 5.82 Å². The van der Waals surface area contributed by atoms with E-state index in [2.05, 4.69) is 9.97 Å². The molecule has 96 valence electrons. The van der Waals surface area contributed by atoms with E-state index >= 15 is 0 Å². The van der Waals surface area contributed by atoms with Gasteiger partial charge in [-0.15, -0.1) is 0 Å². The summed E-state index contributed by atoms with van der Waals surface area (Å²) in [6.45, 7) is 0. The molecule has 0 bridgehead atoms. The third-order valence-electron chi connectivity index (χ3n) is 1.71. The van der Waals surface area contributed by atoms with Crippen LogP contribution in [0.4, 0.5) is 19.0 Å². The maximum Gasteiger partial charge on any atom is 0.490 e. The third kappa shape index (κ3) is 3.89. The lowest BCUT2D eigenvalue weighted by atomic mass is 10.3. The Morgan fingerprint density at radius 3 is 2.22 bits per heavy atom. The van der Waals surface area contributed by atoms with Crippen LogP contribution in [0.2, 0.25) is 0 Å². The van der Waals surface area contributed by atoms with E-state index in [4.69, 9.17) is 15.6 Å². The lowest BCUT2D eigenvalue weighted by Gasteiger charge is -1.94. The van der Waals surface area contributed by atoms with Gasteiger partial charge in [-0.25, -0.2) is 9.78 Å². The van der Waals surface area contributed by atoms with Crippen LogP contribution in [0.3, 0.4) is 0 Å². The summed E-state index contributed by atoms with van der Waals surface area (Å²) in [5.41, 5.74) is 7.17. The number of aliphatic carboxylic acids is 1. The van der Waals surface area contributed by atoms with Crippen molar-refractivity contribution in [3.63, 3.8) is 0 Å². The first-order valence-corrected chi connectivity index (χ1v) is 4.58. The number of hydrogen-bond donors (Lipinski definition) is 2. The van der Waals surface area contributed by atoms with Crippen LogP contribution in [-0.2, 0) is 4.79 Å². The van der Waals surface area contributed by atoms with Gasteiger partial charge in [0.25, 0.3) is 0 Å². The number of para-hydroxylation sites is 2. The van der Waals surface area contributed by atoms with Crippen molar-refractivity contribution in [3.05, 3.63) is 30.5 Å². The van der Waals surface area contributed by atoms with E-state index in [1.807, 2.05) is 24.3 Å². The van der Waals surface area contributed by atoms with Gasteiger partial charge < -0.3 is 10.8 Å². The van der Waals surface area contributed by atoms with E-state index in [0.29, 0.717) is 5.82 Å². The molecule has 2 aromatic rings. The molecule has 0 saturated heterocycles. The summed E-state index contributed by atoms with van der Waals surface area (Å²) >= 11 is 0. The highest BCUT2D eigenvalue weighted by Gasteiger charge is 2.38. The van der Waals surface area contributed by atoms with Gasteiger partial charge in [0.05, 0.1) is 17.2 Å². The van der Waals surface area contributed by atoms with Crippen LogP contribution >= 0.6 is 0 Å². The molecule has 5 nitrogen and oxygen atoms in total. The fourth-order valence-corrected chi connectivity index (χ4v) is 0.972. The Labute approximate surface area is 99.1 Å². The number of nitrogens with zero attached hydrogens (tertiary/aromatic N) is 2. The van der Waals surface area contributed by atoms with Crippen LogP contribution < -0.4 is 5.73 Å². The minimum Gasteiger partial charge on any atom is -0.475 e. The number of nitrogen functional groups attached to an aromatic ring is 1. The number of halogens is 3. The van der Waals surface area contributed by atoms with Crippen molar-refractivity contribution in [1.29, 1.82) is 0 Å². The highest BCUT2D eigenvalue weighted by Crippen LogP contribution is 2.13. The molecule has 18 heavy (non-hydrogen) atoms. The van der Waals surface area contributed by atoms with Crippen molar-refractivity contribution in [3.8, 4) is 0 Å². The normalized spacial score (nSPS) is 10.6. The second-order valence-electron chi connectivity index (χ2n) is 3.09. The molecule has 0 saturated carbocycles. The smallest absolute Gasteiger partial charge is 0.475 e. The van der Waals surface area contributed by atoms with E-state index in [1.165, 1.54) is 0 Å². The molecule has 1 aromatic heterocycles. The number of nitrogens with two attached hydrogens (primary N) is 1. The molecule has 0 spiro atoms. The summed E-state index contributed by atoms with van der Waals surface area (Å²) in [6.07, 6.45) is -3.53. The van der Waals surface area contributed by atoms with E-state index in [9.17, 15) is 13.2 Å². The number of aromatic nitrogens is 2. The Bertz CT molecular complexity index is 557. The van der Waals surface area contributed by atoms with Crippen LogP contribution in [-0.4, -0.2) is 27.2 Å². The number of carbonyl (C=O) groups is 1. The molecule has 1 heterocycles. The molecule has 0 radical (unpaired) electrons. The van der Waals surface area contributed by atoms with Crippen LogP contribution in [0.5, 0.6) is 0 Å². The first-order chi connectivity index (χ1) is 8.30. The zero-order chi connectivity index (χ0) is 13.8. The van der Waals surface area contributed by atoms with E-state index in [-0.39, 0.29) is 0 Å². The quantitative estimate of drug-likeness (QED) is 0.753. The molecule has 0 aliphatic carbocycles. The fourth-order valence-electron chi connectivity index (χ4n) is 0.972.